The van der Waals surface area contributed by atoms with Gasteiger partial charge in [0.25, 0.3) is 0 Å². The first kappa shape index (κ1) is 7.10. The number of hydrogen-bond acceptors (Lipinski definition) is 1. The van der Waals surface area contributed by atoms with Crippen LogP contribution in [0.4, 0.5) is 0 Å². The van der Waals surface area contributed by atoms with Crippen LogP contribution in [0.15, 0.2) is 36.5 Å². The Kier molecular flexibility index (Phi) is 1.67. The van der Waals surface area contributed by atoms with Gasteiger partial charge in [-0.3, -0.25) is 4.68 Å². The minimum atomic E-state index is 0.977. The average Bonchev–Trinajstić information content (AvgIpc) is 2.54. The number of aromatic nitrogens is 2. The van der Waals surface area contributed by atoms with Gasteiger partial charge in [0.1, 0.15) is 0 Å². The highest BCUT2D eigenvalue weighted by Gasteiger charge is 1.90. The van der Waals surface area contributed by atoms with Crippen molar-refractivity contribution in [3.05, 3.63) is 48.3 Å². The second kappa shape index (κ2) is 2.81. The molecule has 0 atom stereocenters. The van der Waals surface area contributed by atoms with Crippen LogP contribution < -0.4 is 0 Å². The molecule has 60 valence electrons. The van der Waals surface area contributed by atoms with Gasteiger partial charge in [0.15, 0.2) is 0 Å². The zero-order chi connectivity index (χ0) is 8.39. The van der Waals surface area contributed by atoms with E-state index in [0.717, 1.165) is 11.4 Å². The summed E-state index contributed by atoms with van der Waals surface area (Å²) in [4.78, 5) is 0. The maximum atomic E-state index is 4.27. The first-order chi connectivity index (χ1) is 5.86. The van der Waals surface area contributed by atoms with Gasteiger partial charge in [-0.05, 0) is 18.7 Å². The summed E-state index contributed by atoms with van der Waals surface area (Å²) in [5.41, 5.74) is 2.00. The SMILES string of the molecule is Cc1ccn(-c2[c-]cccc2)n1. The van der Waals surface area contributed by atoms with Crippen LogP contribution in [0.1, 0.15) is 5.69 Å². The third kappa shape index (κ3) is 1.23. The summed E-state index contributed by atoms with van der Waals surface area (Å²) in [6.07, 6.45) is 1.93. The Hall–Kier alpha value is -1.57. The molecule has 0 bridgehead atoms. The van der Waals surface area contributed by atoms with Crippen molar-refractivity contribution in [1.29, 1.82) is 0 Å². The molecule has 0 saturated carbocycles. The lowest BCUT2D eigenvalue weighted by atomic mass is 10.3. The van der Waals surface area contributed by atoms with Crippen LogP contribution in [0.3, 0.4) is 0 Å². The molecule has 2 rings (SSSR count). The number of hydrogen-bond donors (Lipinski definition) is 0. The first-order valence-electron chi connectivity index (χ1n) is 3.85. The zero-order valence-electron chi connectivity index (χ0n) is 6.86. The van der Waals surface area contributed by atoms with Gasteiger partial charge in [0.2, 0.25) is 0 Å². The third-order valence-corrected chi connectivity index (χ3v) is 1.66. The molecule has 0 unspecified atom stereocenters. The highest BCUT2D eigenvalue weighted by atomic mass is 15.3. The van der Waals surface area contributed by atoms with Crippen molar-refractivity contribution in [3.8, 4) is 5.69 Å². The van der Waals surface area contributed by atoms with Crippen molar-refractivity contribution in [3.63, 3.8) is 0 Å². The summed E-state index contributed by atoms with van der Waals surface area (Å²) in [6, 6.07) is 12.9. The van der Waals surface area contributed by atoms with Gasteiger partial charge < -0.3 is 0 Å². The number of para-hydroxylation sites is 1. The molecule has 0 fully saturated rings. The lowest BCUT2D eigenvalue weighted by Crippen LogP contribution is -1.93. The minimum Gasteiger partial charge on any atom is -0.265 e. The fraction of sp³-hybridized carbons (Fsp3) is 0.100. The Balaban J connectivity index is 2.45. The van der Waals surface area contributed by atoms with E-state index < -0.39 is 0 Å². The van der Waals surface area contributed by atoms with Crippen molar-refractivity contribution in [2.45, 2.75) is 6.92 Å². The van der Waals surface area contributed by atoms with E-state index >= 15 is 0 Å². The van der Waals surface area contributed by atoms with Crippen LogP contribution in [0.2, 0.25) is 0 Å². The van der Waals surface area contributed by atoms with Gasteiger partial charge in [-0.15, -0.1) is 6.07 Å². The van der Waals surface area contributed by atoms with Crippen molar-refractivity contribution in [2.75, 3.05) is 0 Å². The maximum Gasteiger partial charge on any atom is 0.0597 e. The number of benzene rings is 1. The number of rotatable bonds is 1. The highest BCUT2D eigenvalue weighted by molar-refractivity contribution is 5.28. The van der Waals surface area contributed by atoms with Crippen molar-refractivity contribution >= 4 is 0 Å². The third-order valence-electron chi connectivity index (χ3n) is 1.66. The Morgan fingerprint density at radius 3 is 2.83 bits per heavy atom. The van der Waals surface area contributed by atoms with E-state index in [9.17, 15) is 0 Å². The Morgan fingerprint density at radius 1 is 1.33 bits per heavy atom. The largest absolute Gasteiger partial charge is 0.265 e. The molecule has 2 heteroatoms. The quantitative estimate of drug-likeness (QED) is 0.579. The van der Waals surface area contributed by atoms with E-state index in [-0.39, 0.29) is 0 Å². The van der Waals surface area contributed by atoms with Crippen LogP contribution in [-0.4, -0.2) is 9.78 Å². The molecule has 2 aromatic rings. The molecule has 0 radical (unpaired) electrons. The Labute approximate surface area is 71.5 Å². The van der Waals surface area contributed by atoms with Gasteiger partial charge in [-0.2, -0.15) is 29.4 Å². The van der Waals surface area contributed by atoms with E-state index in [1.165, 1.54) is 0 Å². The summed E-state index contributed by atoms with van der Waals surface area (Å²) in [7, 11) is 0. The predicted molar refractivity (Wildman–Crippen MR) is 47.1 cm³/mol. The van der Waals surface area contributed by atoms with E-state index in [2.05, 4.69) is 11.2 Å². The van der Waals surface area contributed by atoms with Crippen LogP contribution >= 0.6 is 0 Å². The minimum absolute atomic E-state index is 0.977. The normalized spacial score (nSPS) is 10.1. The van der Waals surface area contributed by atoms with Gasteiger partial charge in [-0.25, -0.2) is 0 Å². The standard InChI is InChI=1S/C10H9N2/c1-9-7-8-12(11-9)10-5-3-2-4-6-10/h2-5,7-8H,1H3/q-1. The molecule has 1 heterocycles. The van der Waals surface area contributed by atoms with Crippen LogP contribution in [-0.2, 0) is 0 Å². The van der Waals surface area contributed by atoms with Gasteiger partial charge in [-0.1, -0.05) is 0 Å². The maximum absolute atomic E-state index is 4.27. The second-order valence-electron chi connectivity index (χ2n) is 2.65. The molecular weight excluding hydrogens is 148 g/mol. The van der Waals surface area contributed by atoms with Gasteiger partial charge >= 0.3 is 0 Å². The molecule has 0 saturated heterocycles. The van der Waals surface area contributed by atoms with Crippen LogP contribution in [0, 0.1) is 13.0 Å². The van der Waals surface area contributed by atoms with Crippen molar-refractivity contribution < 1.29 is 0 Å². The molecule has 1 aromatic heterocycles. The molecule has 2 nitrogen and oxygen atoms in total. The number of aryl methyl sites for hydroxylation is 1. The molecule has 0 spiro atoms. The van der Waals surface area contributed by atoms with E-state index in [0.29, 0.717) is 0 Å². The topological polar surface area (TPSA) is 17.8 Å². The van der Waals surface area contributed by atoms with Crippen molar-refractivity contribution in [2.24, 2.45) is 0 Å². The van der Waals surface area contributed by atoms with Gasteiger partial charge in [0, 0.05) is 6.20 Å². The predicted octanol–water partition coefficient (Wildman–Crippen LogP) is 1.98. The summed E-state index contributed by atoms with van der Waals surface area (Å²) < 4.78 is 1.81. The smallest absolute Gasteiger partial charge is 0.0597 e. The summed E-state index contributed by atoms with van der Waals surface area (Å²) in [6.45, 7) is 1.97. The zero-order valence-corrected chi connectivity index (χ0v) is 6.86. The van der Waals surface area contributed by atoms with E-state index in [1.54, 1.807) is 0 Å². The van der Waals surface area contributed by atoms with Gasteiger partial charge in [0.05, 0.1) is 5.69 Å². The fourth-order valence-electron chi connectivity index (χ4n) is 1.08. The lowest BCUT2D eigenvalue weighted by molar-refractivity contribution is 0.861. The highest BCUT2D eigenvalue weighted by Crippen LogP contribution is 2.04. The fourth-order valence-corrected chi connectivity index (χ4v) is 1.08. The monoisotopic (exact) mass is 157 g/mol. The summed E-state index contributed by atoms with van der Waals surface area (Å²) in [5, 5.41) is 4.27. The molecule has 0 aliphatic rings. The molecule has 1 aromatic carbocycles. The van der Waals surface area contributed by atoms with E-state index in [1.807, 2.05) is 48.1 Å². The lowest BCUT2D eigenvalue weighted by Gasteiger charge is -2.05. The first-order valence-corrected chi connectivity index (χ1v) is 3.85. The molecular formula is C10H9N2-. The number of nitrogens with zero attached hydrogens (tertiary/aromatic N) is 2. The van der Waals surface area contributed by atoms with Crippen LogP contribution in [0.25, 0.3) is 5.69 Å². The molecule has 12 heavy (non-hydrogen) atoms. The average molecular weight is 157 g/mol. The molecule has 0 amide bonds. The Bertz CT molecular complexity index is 362. The summed E-state index contributed by atoms with van der Waals surface area (Å²) in [5.74, 6) is 0. The van der Waals surface area contributed by atoms with Crippen LogP contribution in [0.5, 0.6) is 0 Å². The summed E-state index contributed by atoms with van der Waals surface area (Å²) >= 11 is 0. The second-order valence-corrected chi connectivity index (χ2v) is 2.65. The molecule has 0 aliphatic carbocycles. The van der Waals surface area contributed by atoms with E-state index in [4.69, 9.17) is 0 Å². The molecule has 0 aliphatic heterocycles. The Morgan fingerprint density at radius 2 is 2.25 bits per heavy atom. The van der Waals surface area contributed by atoms with Crippen molar-refractivity contribution in [1.82, 2.24) is 9.78 Å². The molecule has 0 N–H and O–H groups in total.